The Morgan fingerprint density at radius 1 is 1.12 bits per heavy atom. The van der Waals surface area contributed by atoms with Gasteiger partial charge in [-0.3, -0.25) is 9.59 Å². The molecule has 0 fully saturated rings. The summed E-state index contributed by atoms with van der Waals surface area (Å²) >= 11 is 5.89. The second-order valence-electron chi connectivity index (χ2n) is 5.41. The maximum Gasteiger partial charge on any atom is 0.255 e. The van der Waals surface area contributed by atoms with Gasteiger partial charge in [-0.1, -0.05) is 29.8 Å². The zero-order chi connectivity index (χ0) is 18.7. The molecule has 26 heavy (non-hydrogen) atoms. The van der Waals surface area contributed by atoms with Gasteiger partial charge in [0.15, 0.2) is 0 Å². The van der Waals surface area contributed by atoms with E-state index in [0.717, 1.165) is 0 Å². The second-order valence-corrected chi connectivity index (χ2v) is 5.85. The Morgan fingerprint density at radius 3 is 2.38 bits per heavy atom. The lowest BCUT2D eigenvalue weighted by atomic mass is 10.2. The van der Waals surface area contributed by atoms with Crippen LogP contribution in [0.25, 0.3) is 5.69 Å². The number of nitriles is 1. The van der Waals surface area contributed by atoms with Crippen LogP contribution < -0.4 is 16.5 Å². The smallest absolute Gasteiger partial charge is 0.255 e. The normalized spacial score (nSPS) is 10.2. The summed E-state index contributed by atoms with van der Waals surface area (Å²) in [5, 5.41) is 12.4. The number of halogens is 1. The molecule has 6 nitrogen and oxygen atoms in total. The van der Waals surface area contributed by atoms with Gasteiger partial charge in [0.25, 0.3) is 5.91 Å². The van der Waals surface area contributed by atoms with Crippen LogP contribution in [0.1, 0.15) is 15.9 Å². The average Bonchev–Trinajstić information content (AvgIpc) is 2.66. The van der Waals surface area contributed by atoms with Crippen LogP contribution in [-0.2, 0) is 0 Å². The number of anilines is 2. The predicted molar refractivity (Wildman–Crippen MR) is 101 cm³/mol. The van der Waals surface area contributed by atoms with Gasteiger partial charge in [-0.2, -0.15) is 5.26 Å². The highest BCUT2D eigenvalue weighted by molar-refractivity contribution is 6.30. The molecule has 3 rings (SSSR count). The molecule has 0 spiro atoms. The number of pyridine rings is 1. The third-order valence-electron chi connectivity index (χ3n) is 3.75. The monoisotopic (exact) mass is 364 g/mol. The molecule has 0 aliphatic rings. The van der Waals surface area contributed by atoms with Crippen LogP contribution in [0.2, 0.25) is 5.02 Å². The van der Waals surface area contributed by atoms with Crippen LogP contribution in [0.3, 0.4) is 0 Å². The van der Waals surface area contributed by atoms with Crippen LogP contribution in [-0.4, -0.2) is 10.5 Å². The molecular formula is C19H13ClN4O2. The van der Waals surface area contributed by atoms with Gasteiger partial charge >= 0.3 is 0 Å². The first-order chi connectivity index (χ1) is 12.5. The highest BCUT2D eigenvalue weighted by Crippen LogP contribution is 2.20. The molecule has 0 unspecified atom stereocenters. The van der Waals surface area contributed by atoms with Crippen molar-refractivity contribution in [3.63, 3.8) is 0 Å². The summed E-state index contributed by atoms with van der Waals surface area (Å²) in [5.41, 5.74) is 6.03. The van der Waals surface area contributed by atoms with E-state index < -0.39 is 11.3 Å². The number of benzene rings is 2. The van der Waals surface area contributed by atoms with Crippen molar-refractivity contribution in [3.05, 3.63) is 87.2 Å². The SMILES string of the molecule is N#Cc1c(N)n(-c2ccc(Cl)cc2)cc(NC(=O)c2ccccc2)c1=O. The highest BCUT2D eigenvalue weighted by atomic mass is 35.5. The van der Waals surface area contributed by atoms with Crippen LogP contribution >= 0.6 is 11.6 Å². The number of aromatic nitrogens is 1. The largest absolute Gasteiger partial charge is 0.384 e. The lowest BCUT2D eigenvalue weighted by Crippen LogP contribution is -2.23. The molecule has 1 amide bonds. The van der Waals surface area contributed by atoms with Crippen molar-refractivity contribution < 1.29 is 4.79 Å². The van der Waals surface area contributed by atoms with Crippen molar-refractivity contribution in [3.8, 4) is 11.8 Å². The Balaban J connectivity index is 2.10. The summed E-state index contributed by atoms with van der Waals surface area (Å²) in [7, 11) is 0. The Morgan fingerprint density at radius 2 is 1.77 bits per heavy atom. The van der Waals surface area contributed by atoms with E-state index in [0.29, 0.717) is 16.3 Å². The molecule has 7 heteroatoms. The van der Waals surface area contributed by atoms with Crippen molar-refractivity contribution >= 4 is 29.0 Å². The summed E-state index contributed by atoms with van der Waals surface area (Å²) in [6, 6.07) is 16.9. The fraction of sp³-hybridized carbons (Fsp3) is 0. The molecule has 2 aromatic carbocycles. The Labute approximate surface area is 154 Å². The molecule has 128 valence electrons. The second kappa shape index (κ2) is 7.13. The van der Waals surface area contributed by atoms with E-state index in [2.05, 4.69) is 5.32 Å². The number of nitrogens with one attached hydrogen (secondary N) is 1. The number of hydrogen-bond acceptors (Lipinski definition) is 4. The van der Waals surface area contributed by atoms with Gasteiger partial charge in [-0.25, -0.2) is 0 Å². The first-order valence-electron chi connectivity index (χ1n) is 7.59. The molecule has 0 bridgehead atoms. The number of nitrogen functional groups attached to an aromatic ring is 1. The summed E-state index contributed by atoms with van der Waals surface area (Å²) < 4.78 is 1.46. The van der Waals surface area contributed by atoms with Crippen molar-refractivity contribution in [2.24, 2.45) is 0 Å². The molecule has 0 aliphatic heterocycles. The fourth-order valence-corrected chi connectivity index (χ4v) is 2.55. The van der Waals surface area contributed by atoms with E-state index in [-0.39, 0.29) is 17.1 Å². The van der Waals surface area contributed by atoms with Crippen molar-refractivity contribution in [1.82, 2.24) is 4.57 Å². The molecule has 0 aliphatic carbocycles. The highest BCUT2D eigenvalue weighted by Gasteiger charge is 2.16. The number of carbonyl (C=O) groups excluding carboxylic acids is 1. The van der Waals surface area contributed by atoms with E-state index in [1.807, 2.05) is 0 Å². The minimum absolute atomic E-state index is 0.0162. The molecular weight excluding hydrogens is 352 g/mol. The van der Waals surface area contributed by atoms with Crippen molar-refractivity contribution in [2.45, 2.75) is 0 Å². The lowest BCUT2D eigenvalue weighted by molar-refractivity contribution is 0.102. The first-order valence-corrected chi connectivity index (χ1v) is 7.96. The maximum atomic E-state index is 12.5. The standard InChI is InChI=1S/C19H13ClN4O2/c20-13-6-8-14(9-7-13)24-11-16(17(25)15(10-21)18(24)22)23-19(26)12-4-2-1-3-5-12/h1-9,11H,22H2,(H,23,26). The fourth-order valence-electron chi connectivity index (χ4n) is 2.43. The molecule has 0 atom stereocenters. The molecule has 3 N–H and O–H groups in total. The van der Waals surface area contributed by atoms with Crippen molar-refractivity contribution in [1.29, 1.82) is 5.26 Å². The lowest BCUT2D eigenvalue weighted by Gasteiger charge is -2.14. The Kier molecular flexibility index (Phi) is 4.74. The molecule has 1 aromatic heterocycles. The number of nitrogens with two attached hydrogens (primary N) is 1. The van der Waals surface area contributed by atoms with Crippen molar-refractivity contribution in [2.75, 3.05) is 11.1 Å². The van der Waals surface area contributed by atoms with E-state index >= 15 is 0 Å². The van der Waals surface area contributed by atoms with Gasteiger partial charge in [0.1, 0.15) is 23.1 Å². The molecule has 3 aromatic rings. The summed E-state index contributed by atoms with van der Waals surface area (Å²) in [6.45, 7) is 0. The number of nitrogens with zero attached hydrogens (tertiary/aromatic N) is 2. The third-order valence-corrected chi connectivity index (χ3v) is 4.00. The quantitative estimate of drug-likeness (QED) is 0.745. The van der Waals surface area contributed by atoms with Gasteiger partial charge in [0, 0.05) is 22.5 Å². The Bertz CT molecular complexity index is 1070. The molecule has 0 saturated heterocycles. The third kappa shape index (κ3) is 3.29. The number of hydrogen-bond donors (Lipinski definition) is 2. The van der Waals surface area contributed by atoms with E-state index in [1.165, 1.54) is 10.8 Å². The van der Waals surface area contributed by atoms with Gasteiger partial charge in [-0.15, -0.1) is 0 Å². The Hall–Kier alpha value is -3.56. The van der Waals surface area contributed by atoms with Crippen LogP contribution in [0.4, 0.5) is 11.5 Å². The topological polar surface area (TPSA) is 101 Å². The van der Waals surface area contributed by atoms with Gasteiger partial charge in [0.05, 0.1) is 0 Å². The molecule has 0 saturated carbocycles. The maximum absolute atomic E-state index is 12.5. The average molecular weight is 365 g/mol. The van der Waals surface area contributed by atoms with E-state index in [1.54, 1.807) is 60.7 Å². The number of carbonyl (C=O) groups is 1. The van der Waals surface area contributed by atoms with Crippen LogP contribution in [0.15, 0.2) is 65.6 Å². The number of rotatable bonds is 3. The van der Waals surface area contributed by atoms with E-state index in [9.17, 15) is 14.9 Å². The molecule has 1 heterocycles. The van der Waals surface area contributed by atoms with Gasteiger partial charge < -0.3 is 15.6 Å². The number of amides is 1. The van der Waals surface area contributed by atoms with Crippen LogP contribution in [0, 0.1) is 11.3 Å². The minimum atomic E-state index is -0.639. The van der Waals surface area contributed by atoms with E-state index in [4.69, 9.17) is 17.3 Å². The van der Waals surface area contributed by atoms with Crippen LogP contribution in [0.5, 0.6) is 0 Å². The first kappa shape index (κ1) is 17.3. The summed E-state index contributed by atoms with van der Waals surface area (Å²) in [5.74, 6) is -0.475. The predicted octanol–water partition coefficient (Wildman–Crippen LogP) is 3.20. The summed E-state index contributed by atoms with van der Waals surface area (Å²) in [6.07, 6.45) is 1.39. The van der Waals surface area contributed by atoms with Gasteiger partial charge in [0.2, 0.25) is 5.43 Å². The minimum Gasteiger partial charge on any atom is -0.384 e. The molecule has 0 radical (unpaired) electrons. The zero-order valence-corrected chi connectivity index (χ0v) is 14.2. The zero-order valence-electron chi connectivity index (χ0n) is 13.4. The summed E-state index contributed by atoms with van der Waals surface area (Å²) in [4.78, 5) is 24.8. The van der Waals surface area contributed by atoms with Gasteiger partial charge in [-0.05, 0) is 36.4 Å².